The Morgan fingerprint density at radius 2 is 0.548 bits per heavy atom. The van der Waals surface area contributed by atoms with Crippen LogP contribution in [0.3, 0.4) is 0 Å². The van der Waals surface area contributed by atoms with E-state index in [-0.39, 0.29) is 11.9 Å². The van der Waals surface area contributed by atoms with Gasteiger partial charge in [-0.15, -0.1) is 0 Å². The molecule has 0 unspecified atom stereocenters. The lowest BCUT2D eigenvalue weighted by molar-refractivity contribution is -0.135. The summed E-state index contributed by atoms with van der Waals surface area (Å²) in [6.07, 6.45) is 10.4. The zero-order valence-corrected chi connectivity index (χ0v) is 36.0. The molecule has 0 heterocycles. The third-order valence-electron chi connectivity index (χ3n) is 10.6. The lowest BCUT2D eigenvalue weighted by atomic mass is 10.1. The molecule has 8 nitrogen and oxygen atoms in total. The summed E-state index contributed by atoms with van der Waals surface area (Å²) in [5.41, 5.74) is 6.50. The van der Waals surface area contributed by atoms with Crippen molar-refractivity contribution in [2.45, 2.75) is 77.0 Å². The van der Waals surface area contributed by atoms with Crippen LogP contribution in [0, 0.1) is 0 Å². The van der Waals surface area contributed by atoms with Crippen molar-refractivity contribution in [1.82, 2.24) is 0 Å². The molecule has 0 fully saturated rings. The Labute approximate surface area is 366 Å². The summed E-state index contributed by atoms with van der Waals surface area (Å²) in [6, 6.07) is 47.3. The van der Waals surface area contributed by atoms with Gasteiger partial charge in [0.15, 0.2) is 0 Å². The average molecular weight is 835 g/mol. The maximum Gasteiger partial charge on any atom is 0.311 e. The van der Waals surface area contributed by atoms with E-state index in [0.29, 0.717) is 37.6 Å². The highest BCUT2D eigenvalue weighted by molar-refractivity contribution is 5.74. The summed E-state index contributed by atoms with van der Waals surface area (Å²) in [7, 11) is 3.34. The Hall–Kier alpha value is -6.54. The van der Waals surface area contributed by atoms with Gasteiger partial charge in [-0.25, -0.2) is 0 Å². The first-order chi connectivity index (χ1) is 30.4. The minimum atomic E-state index is -0.223. The van der Waals surface area contributed by atoms with Crippen LogP contribution in [0.25, 0.3) is 33.4 Å². The number of methoxy groups -OCH3 is 2. The van der Waals surface area contributed by atoms with E-state index in [2.05, 4.69) is 24.3 Å². The van der Waals surface area contributed by atoms with E-state index in [1.54, 1.807) is 14.2 Å². The second-order valence-electron chi connectivity index (χ2n) is 15.2. The van der Waals surface area contributed by atoms with Gasteiger partial charge in [-0.05, 0) is 132 Å². The fourth-order valence-corrected chi connectivity index (χ4v) is 7.03. The Kier molecular flexibility index (Phi) is 17.9. The third kappa shape index (κ3) is 14.9. The van der Waals surface area contributed by atoms with Gasteiger partial charge in [0.05, 0.1) is 27.4 Å². The molecular weight excluding hydrogens is 777 g/mol. The molecule has 0 radical (unpaired) electrons. The summed E-state index contributed by atoms with van der Waals surface area (Å²) >= 11 is 0. The SMILES string of the molecule is COc1ccc(-c2ccc(OCCCCCCCC(=O)Oc3ccc(-c4ccc(OC(=O)CCCCCCCOc5ccc(-c6ccc(OC)cc6)cc5)cc4)cc3)cc2)cc1. The van der Waals surface area contributed by atoms with Crippen LogP contribution in [0.15, 0.2) is 146 Å². The zero-order chi connectivity index (χ0) is 43.2. The van der Waals surface area contributed by atoms with Crippen LogP contribution in [0.4, 0.5) is 0 Å². The van der Waals surface area contributed by atoms with E-state index in [0.717, 1.165) is 121 Å². The summed E-state index contributed by atoms with van der Waals surface area (Å²) in [5, 5.41) is 0. The summed E-state index contributed by atoms with van der Waals surface area (Å²) in [4.78, 5) is 24.9. The highest BCUT2D eigenvalue weighted by atomic mass is 16.5. The molecule has 0 spiro atoms. The van der Waals surface area contributed by atoms with Crippen molar-refractivity contribution in [2.24, 2.45) is 0 Å². The molecule has 8 heteroatoms. The number of carbonyl (C=O) groups excluding carboxylic acids is 2. The van der Waals surface area contributed by atoms with E-state index >= 15 is 0 Å². The van der Waals surface area contributed by atoms with E-state index in [9.17, 15) is 9.59 Å². The minimum Gasteiger partial charge on any atom is -0.497 e. The standard InChI is InChI=1S/C54H58O8/c1-57-47-27-15-41(16-28-47)43-19-31-49(32-20-43)59-39-11-7-3-5-9-13-53(55)61-51-35-23-45(24-36-51)46-25-37-52(38-26-46)62-54(56)14-10-6-4-8-12-40-60-50-33-21-44(22-34-50)42-17-29-48(58-2)30-18-42/h15-38H,3-14,39-40H2,1-2H3. The molecule has 0 aromatic heterocycles. The van der Waals surface area contributed by atoms with Crippen LogP contribution in [-0.4, -0.2) is 39.4 Å². The first-order valence-electron chi connectivity index (χ1n) is 21.8. The Morgan fingerprint density at radius 3 is 0.839 bits per heavy atom. The van der Waals surface area contributed by atoms with Crippen molar-refractivity contribution in [3.8, 4) is 67.9 Å². The van der Waals surface area contributed by atoms with Gasteiger partial charge in [-0.1, -0.05) is 111 Å². The van der Waals surface area contributed by atoms with Gasteiger partial charge in [0.25, 0.3) is 0 Å². The summed E-state index contributed by atoms with van der Waals surface area (Å²) in [6.45, 7) is 1.34. The molecule has 0 bridgehead atoms. The number of esters is 2. The van der Waals surface area contributed by atoms with Crippen LogP contribution in [-0.2, 0) is 9.59 Å². The summed E-state index contributed by atoms with van der Waals surface area (Å²) < 4.78 is 33.5. The molecule has 0 saturated carbocycles. The molecule has 0 aliphatic heterocycles. The third-order valence-corrected chi connectivity index (χ3v) is 10.6. The van der Waals surface area contributed by atoms with Crippen LogP contribution >= 0.6 is 0 Å². The van der Waals surface area contributed by atoms with Crippen molar-refractivity contribution in [3.05, 3.63) is 146 Å². The molecule has 0 aliphatic rings. The second kappa shape index (κ2) is 24.7. The van der Waals surface area contributed by atoms with Gasteiger partial charge in [0.2, 0.25) is 0 Å². The number of carbonyl (C=O) groups is 2. The number of rotatable bonds is 25. The first kappa shape index (κ1) is 45.0. The molecule has 322 valence electrons. The molecule has 6 rings (SSSR count). The van der Waals surface area contributed by atoms with Crippen LogP contribution < -0.4 is 28.4 Å². The van der Waals surface area contributed by atoms with E-state index in [1.807, 2.05) is 121 Å². The maximum atomic E-state index is 12.5. The van der Waals surface area contributed by atoms with Gasteiger partial charge in [-0.3, -0.25) is 9.59 Å². The van der Waals surface area contributed by atoms with Crippen LogP contribution in [0.2, 0.25) is 0 Å². The molecule has 0 atom stereocenters. The van der Waals surface area contributed by atoms with E-state index in [1.165, 1.54) is 0 Å². The number of unbranched alkanes of at least 4 members (excludes halogenated alkanes) is 8. The number of ether oxygens (including phenoxy) is 6. The van der Waals surface area contributed by atoms with Gasteiger partial charge >= 0.3 is 11.9 Å². The average Bonchev–Trinajstić information content (AvgIpc) is 3.31. The molecule has 0 saturated heterocycles. The molecule has 0 amide bonds. The number of hydrogen-bond donors (Lipinski definition) is 0. The smallest absolute Gasteiger partial charge is 0.311 e. The predicted octanol–water partition coefficient (Wildman–Crippen LogP) is 13.4. The molecule has 0 N–H and O–H groups in total. The van der Waals surface area contributed by atoms with Crippen LogP contribution in [0.5, 0.6) is 34.5 Å². The van der Waals surface area contributed by atoms with E-state index in [4.69, 9.17) is 28.4 Å². The molecule has 6 aromatic carbocycles. The number of benzene rings is 6. The zero-order valence-electron chi connectivity index (χ0n) is 36.0. The maximum absolute atomic E-state index is 12.5. The number of hydrogen-bond acceptors (Lipinski definition) is 8. The fraction of sp³-hybridized carbons (Fsp3) is 0.296. The second-order valence-corrected chi connectivity index (χ2v) is 15.2. The molecule has 6 aromatic rings. The van der Waals surface area contributed by atoms with Gasteiger partial charge in [0, 0.05) is 12.8 Å². The fourth-order valence-electron chi connectivity index (χ4n) is 7.03. The topological polar surface area (TPSA) is 89.5 Å². The minimum absolute atomic E-state index is 0.223. The molecular formula is C54H58O8. The molecule has 62 heavy (non-hydrogen) atoms. The van der Waals surface area contributed by atoms with Crippen molar-refractivity contribution < 1.29 is 38.0 Å². The first-order valence-corrected chi connectivity index (χ1v) is 21.8. The van der Waals surface area contributed by atoms with Crippen molar-refractivity contribution in [1.29, 1.82) is 0 Å². The van der Waals surface area contributed by atoms with Gasteiger partial charge in [-0.2, -0.15) is 0 Å². The predicted molar refractivity (Wildman–Crippen MR) is 246 cm³/mol. The van der Waals surface area contributed by atoms with Crippen LogP contribution in [0.1, 0.15) is 77.0 Å². The van der Waals surface area contributed by atoms with E-state index < -0.39 is 0 Å². The van der Waals surface area contributed by atoms with Gasteiger partial charge < -0.3 is 28.4 Å². The Bertz CT molecular complexity index is 2050. The monoisotopic (exact) mass is 834 g/mol. The lowest BCUT2D eigenvalue weighted by Crippen LogP contribution is -2.07. The van der Waals surface area contributed by atoms with Crippen molar-refractivity contribution in [3.63, 3.8) is 0 Å². The quantitative estimate of drug-likeness (QED) is 0.0320. The largest absolute Gasteiger partial charge is 0.497 e. The Morgan fingerprint density at radius 1 is 0.306 bits per heavy atom. The Balaban J connectivity index is 0.765. The summed E-state index contributed by atoms with van der Waals surface area (Å²) in [5.74, 6) is 4.03. The lowest BCUT2D eigenvalue weighted by Gasteiger charge is -2.09. The normalized spacial score (nSPS) is 10.8. The molecule has 0 aliphatic carbocycles. The highest BCUT2D eigenvalue weighted by Crippen LogP contribution is 2.28. The van der Waals surface area contributed by atoms with Crippen molar-refractivity contribution in [2.75, 3.05) is 27.4 Å². The highest BCUT2D eigenvalue weighted by Gasteiger charge is 2.09. The van der Waals surface area contributed by atoms with Crippen molar-refractivity contribution >= 4 is 11.9 Å². The van der Waals surface area contributed by atoms with Gasteiger partial charge in [0.1, 0.15) is 34.5 Å².